The minimum Gasteiger partial charge on any atom is -0.365 e. The molecule has 2 aliphatic rings. The fourth-order valence-corrected chi connectivity index (χ4v) is 4.32. The number of fused-ring (bicyclic) bond motifs is 1. The van der Waals surface area contributed by atoms with E-state index < -0.39 is 11.6 Å². The number of piperidine rings is 1. The minimum atomic E-state index is -0.513. The molecule has 1 saturated heterocycles. The van der Waals surface area contributed by atoms with Crippen LogP contribution in [0.5, 0.6) is 0 Å². The van der Waals surface area contributed by atoms with Crippen LogP contribution in [0.3, 0.4) is 0 Å². The summed E-state index contributed by atoms with van der Waals surface area (Å²) in [6.45, 7) is 5.03. The third kappa shape index (κ3) is 3.48. The molecule has 0 bridgehead atoms. The van der Waals surface area contributed by atoms with Gasteiger partial charge in [0.05, 0.1) is 11.4 Å². The molecular formula is C21H22F2N6. The monoisotopic (exact) mass is 396 g/mol. The molecule has 6 nitrogen and oxygen atoms in total. The number of benzene rings is 1. The molecule has 150 valence electrons. The molecule has 1 aromatic carbocycles. The Morgan fingerprint density at radius 3 is 2.52 bits per heavy atom. The fourth-order valence-electron chi connectivity index (χ4n) is 4.32. The first kappa shape index (κ1) is 18.2. The largest absolute Gasteiger partial charge is 0.365 e. The third-order valence-corrected chi connectivity index (χ3v) is 6.00. The molecule has 8 heteroatoms. The Labute approximate surface area is 167 Å². The molecule has 5 rings (SSSR count). The Hall–Kier alpha value is -2.87. The molecule has 0 radical (unpaired) electrons. The quantitative estimate of drug-likeness (QED) is 0.719. The SMILES string of the molecule is Cc1cc(CN2C[C@@H]3[C@H](C2)[C@@H]3Nc2ccc(-c3cc(F)ccc3F)nn2)nn1C. The predicted molar refractivity (Wildman–Crippen MR) is 105 cm³/mol. The maximum Gasteiger partial charge on any atom is 0.148 e. The van der Waals surface area contributed by atoms with Crippen molar-refractivity contribution in [1.82, 2.24) is 24.9 Å². The first-order chi connectivity index (χ1) is 14.0. The van der Waals surface area contributed by atoms with Gasteiger partial charge in [-0.2, -0.15) is 5.10 Å². The van der Waals surface area contributed by atoms with Crippen LogP contribution in [-0.4, -0.2) is 44.0 Å². The first-order valence-electron chi connectivity index (χ1n) is 9.75. The number of hydrogen-bond donors (Lipinski definition) is 1. The van der Waals surface area contributed by atoms with Crippen molar-refractivity contribution in [2.24, 2.45) is 18.9 Å². The second kappa shape index (κ2) is 6.88. The molecule has 1 aliphatic carbocycles. The second-order valence-electron chi connectivity index (χ2n) is 8.02. The van der Waals surface area contributed by atoms with Crippen molar-refractivity contribution in [3.63, 3.8) is 0 Å². The molecule has 29 heavy (non-hydrogen) atoms. The van der Waals surface area contributed by atoms with E-state index in [1.807, 2.05) is 11.7 Å². The number of nitrogens with one attached hydrogen (secondary N) is 1. The van der Waals surface area contributed by atoms with E-state index in [9.17, 15) is 8.78 Å². The molecule has 2 fully saturated rings. The average molecular weight is 396 g/mol. The normalized spacial score (nSPS) is 23.2. The van der Waals surface area contributed by atoms with Crippen LogP contribution < -0.4 is 5.32 Å². The molecule has 1 aliphatic heterocycles. The number of aromatic nitrogens is 4. The Morgan fingerprint density at radius 1 is 1.07 bits per heavy atom. The first-order valence-corrected chi connectivity index (χ1v) is 9.75. The molecule has 0 amide bonds. The second-order valence-corrected chi connectivity index (χ2v) is 8.02. The zero-order chi connectivity index (χ0) is 20.1. The topological polar surface area (TPSA) is 58.9 Å². The highest BCUT2D eigenvalue weighted by Crippen LogP contribution is 2.47. The van der Waals surface area contributed by atoms with Crippen molar-refractivity contribution < 1.29 is 8.78 Å². The van der Waals surface area contributed by atoms with Crippen LogP contribution in [0.2, 0.25) is 0 Å². The number of halogens is 2. The van der Waals surface area contributed by atoms with Crippen LogP contribution in [0.15, 0.2) is 36.4 Å². The van der Waals surface area contributed by atoms with Gasteiger partial charge >= 0.3 is 0 Å². The molecule has 3 atom stereocenters. The number of anilines is 1. The summed E-state index contributed by atoms with van der Waals surface area (Å²) >= 11 is 0. The lowest BCUT2D eigenvalue weighted by molar-refractivity contribution is 0.288. The summed E-state index contributed by atoms with van der Waals surface area (Å²) in [5.41, 5.74) is 2.72. The molecule has 1 N–H and O–H groups in total. The van der Waals surface area contributed by atoms with E-state index in [-0.39, 0.29) is 5.56 Å². The maximum atomic E-state index is 13.9. The van der Waals surface area contributed by atoms with E-state index in [0.29, 0.717) is 29.4 Å². The number of likely N-dealkylation sites (tertiary alicyclic amines) is 1. The number of nitrogens with zero attached hydrogens (tertiary/aromatic N) is 5. The maximum absolute atomic E-state index is 13.9. The zero-order valence-electron chi connectivity index (χ0n) is 16.3. The van der Waals surface area contributed by atoms with E-state index in [1.54, 1.807) is 12.1 Å². The van der Waals surface area contributed by atoms with E-state index in [4.69, 9.17) is 0 Å². The smallest absolute Gasteiger partial charge is 0.148 e. The van der Waals surface area contributed by atoms with Gasteiger partial charge in [-0.1, -0.05) is 0 Å². The van der Waals surface area contributed by atoms with Crippen LogP contribution in [-0.2, 0) is 13.6 Å². The summed E-state index contributed by atoms with van der Waals surface area (Å²) in [4.78, 5) is 2.44. The minimum absolute atomic E-state index is 0.118. The van der Waals surface area contributed by atoms with Gasteiger partial charge in [0.1, 0.15) is 17.5 Å². The molecule has 2 aromatic heterocycles. The third-order valence-electron chi connectivity index (χ3n) is 6.00. The summed E-state index contributed by atoms with van der Waals surface area (Å²) in [5.74, 6) is 0.851. The number of rotatable bonds is 5. The molecule has 0 unspecified atom stereocenters. The van der Waals surface area contributed by atoms with Crippen molar-refractivity contribution in [1.29, 1.82) is 0 Å². The number of hydrogen-bond acceptors (Lipinski definition) is 5. The molecule has 1 saturated carbocycles. The molecule has 3 heterocycles. The molecular weight excluding hydrogens is 374 g/mol. The Morgan fingerprint density at radius 2 is 1.86 bits per heavy atom. The summed E-state index contributed by atoms with van der Waals surface area (Å²) < 4.78 is 29.2. The van der Waals surface area contributed by atoms with Gasteiger partial charge in [-0.15, -0.1) is 10.2 Å². The van der Waals surface area contributed by atoms with Gasteiger partial charge in [0.2, 0.25) is 0 Å². The average Bonchev–Trinajstić information content (AvgIpc) is 3.00. The zero-order valence-corrected chi connectivity index (χ0v) is 16.3. The van der Waals surface area contributed by atoms with Crippen molar-refractivity contribution in [3.8, 4) is 11.3 Å². The lowest BCUT2D eigenvalue weighted by atomic mass is 10.1. The van der Waals surface area contributed by atoms with Gasteiger partial charge in [0.15, 0.2) is 0 Å². The van der Waals surface area contributed by atoms with E-state index in [0.717, 1.165) is 43.5 Å². The van der Waals surface area contributed by atoms with Crippen molar-refractivity contribution in [2.75, 3.05) is 18.4 Å². The Kier molecular flexibility index (Phi) is 4.31. The summed E-state index contributed by atoms with van der Waals surface area (Å²) in [6.07, 6.45) is 0. The van der Waals surface area contributed by atoms with Crippen LogP contribution >= 0.6 is 0 Å². The molecule has 3 aromatic rings. The highest BCUT2D eigenvalue weighted by Gasteiger charge is 2.55. The van der Waals surface area contributed by atoms with E-state index in [2.05, 4.69) is 38.5 Å². The van der Waals surface area contributed by atoms with Gasteiger partial charge in [-0.25, -0.2) is 8.78 Å². The van der Waals surface area contributed by atoms with Crippen LogP contribution in [0.4, 0.5) is 14.6 Å². The lowest BCUT2D eigenvalue weighted by Crippen LogP contribution is -2.28. The van der Waals surface area contributed by atoms with Gasteiger partial charge in [-0.05, 0) is 55.2 Å². The Bertz CT molecular complexity index is 1020. The van der Waals surface area contributed by atoms with Gasteiger partial charge in [0, 0.05) is 44.0 Å². The van der Waals surface area contributed by atoms with Crippen LogP contribution in [0.1, 0.15) is 11.4 Å². The van der Waals surface area contributed by atoms with Crippen LogP contribution in [0, 0.1) is 30.4 Å². The summed E-state index contributed by atoms with van der Waals surface area (Å²) in [6, 6.07) is 9.29. The van der Waals surface area contributed by atoms with E-state index in [1.165, 1.54) is 5.69 Å². The highest BCUT2D eigenvalue weighted by molar-refractivity contribution is 5.60. The van der Waals surface area contributed by atoms with Gasteiger partial charge in [0.25, 0.3) is 0 Å². The summed E-state index contributed by atoms with van der Waals surface area (Å²) in [7, 11) is 1.97. The highest BCUT2D eigenvalue weighted by atomic mass is 19.1. The summed E-state index contributed by atoms with van der Waals surface area (Å²) in [5, 5.41) is 16.2. The van der Waals surface area contributed by atoms with E-state index >= 15 is 0 Å². The number of aryl methyl sites for hydroxylation is 2. The van der Waals surface area contributed by atoms with Crippen molar-refractivity contribution in [2.45, 2.75) is 19.5 Å². The predicted octanol–water partition coefficient (Wildman–Crippen LogP) is 3.01. The lowest BCUT2D eigenvalue weighted by Gasteiger charge is -2.18. The fraction of sp³-hybridized carbons (Fsp3) is 0.381. The van der Waals surface area contributed by atoms with Crippen LogP contribution in [0.25, 0.3) is 11.3 Å². The van der Waals surface area contributed by atoms with Crippen molar-refractivity contribution in [3.05, 3.63) is 59.4 Å². The Balaban J connectivity index is 1.18. The van der Waals surface area contributed by atoms with Gasteiger partial charge < -0.3 is 5.32 Å². The standard InChI is InChI=1S/C21H22F2N6/c1-12-7-14(27-28(12)2)9-29-10-16-17(11-29)21(16)24-20-6-5-19(25-26-20)15-8-13(22)3-4-18(15)23/h3-8,16-17,21H,9-11H2,1-2H3,(H,24,26)/t16-,17+,21-. The molecule has 0 spiro atoms. The van der Waals surface area contributed by atoms with Gasteiger partial charge in [-0.3, -0.25) is 9.58 Å². The van der Waals surface area contributed by atoms with Crippen molar-refractivity contribution >= 4 is 5.82 Å².